The van der Waals surface area contributed by atoms with E-state index in [2.05, 4.69) is 5.32 Å². The Bertz CT molecular complexity index is 639. The highest BCUT2D eigenvalue weighted by molar-refractivity contribution is 5.92. The van der Waals surface area contributed by atoms with Crippen LogP contribution >= 0.6 is 0 Å². The zero-order chi connectivity index (χ0) is 14.7. The first-order valence-electron chi connectivity index (χ1n) is 5.75. The van der Waals surface area contributed by atoms with Gasteiger partial charge in [-0.2, -0.15) is 0 Å². The van der Waals surface area contributed by atoms with E-state index in [1.165, 1.54) is 18.2 Å². The molecule has 2 rings (SSSR count). The molecule has 20 heavy (non-hydrogen) atoms. The van der Waals surface area contributed by atoms with Crippen LogP contribution in [-0.2, 0) is 11.2 Å². The maximum Gasteiger partial charge on any atom is 0.229 e. The van der Waals surface area contributed by atoms with Gasteiger partial charge >= 0.3 is 0 Å². The van der Waals surface area contributed by atoms with Crippen molar-refractivity contribution in [3.8, 4) is 0 Å². The Kier molecular flexibility index (Phi) is 3.93. The number of carbonyl (C=O) groups is 1. The fraction of sp³-hybridized carbons (Fsp3) is 0.0714. The summed E-state index contributed by atoms with van der Waals surface area (Å²) in [6, 6.07) is 6.98. The molecule has 3 nitrogen and oxygen atoms in total. The summed E-state index contributed by atoms with van der Waals surface area (Å²) in [5, 5.41) is 2.39. The van der Waals surface area contributed by atoms with Crippen molar-refractivity contribution >= 4 is 17.3 Å². The number of anilines is 2. The van der Waals surface area contributed by atoms with Crippen molar-refractivity contribution in [2.75, 3.05) is 11.1 Å². The quantitative estimate of drug-likeness (QED) is 0.849. The molecule has 0 radical (unpaired) electrons. The standard InChI is InChI=1S/C14H11F3N2O/c15-10-2-1-3-11(16)9(10)7-14(20)19-8-4-5-12(17)13(18)6-8/h1-6H,7,18H2,(H,19,20). The maximum absolute atomic E-state index is 13.4. The van der Waals surface area contributed by atoms with E-state index in [9.17, 15) is 18.0 Å². The number of rotatable bonds is 3. The van der Waals surface area contributed by atoms with Crippen LogP contribution in [0.3, 0.4) is 0 Å². The van der Waals surface area contributed by atoms with E-state index in [1.54, 1.807) is 0 Å². The second kappa shape index (κ2) is 5.64. The second-order valence-electron chi connectivity index (χ2n) is 4.16. The average Bonchev–Trinajstić information content (AvgIpc) is 2.38. The largest absolute Gasteiger partial charge is 0.396 e. The lowest BCUT2D eigenvalue weighted by Gasteiger charge is -2.08. The zero-order valence-corrected chi connectivity index (χ0v) is 10.3. The number of nitrogens with two attached hydrogens (primary N) is 1. The number of nitrogen functional groups attached to an aromatic ring is 1. The number of hydrogen-bond donors (Lipinski definition) is 2. The molecule has 104 valence electrons. The van der Waals surface area contributed by atoms with Crippen LogP contribution in [0.2, 0.25) is 0 Å². The molecule has 0 aliphatic rings. The number of hydrogen-bond acceptors (Lipinski definition) is 2. The van der Waals surface area contributed by atoms with Crippen LogP contribution < -0.4 is 11.1 Å². The SMILES string of the molecule is Nc1cc(NC(=O)Cc2c(F)cccc2F)ccc1F. The normalized spacial score (nSPS) is 10.3. The molecular formula is C14H11F3N2O. The first kappa shape index (κ1) is 13.9. The zero-order valence-electron chi connectivity index (χ0n) is 10.3. The van der Waals surface area contributed by atoms with Gasteiger partial charge in [0.25, 0.3) is 0 Å². The highest BCUT2D eigenvalue weighted by Gasteiger charge is 2.13. The molecule has 0 atom stereocenters. The van der Waals surface area contributed by atoms with Crippen LogP contribution in [0.25, 0.3) is 0 Å². The van der Waals surface area contributed by atoms with E-state index >= 15 is 0 Å². The summed E-state index contributed by atoms with van der Waals surface area (Å²) in [5.41, 5.74) is 5.16. The second-order valence-corrected chi connectivity index (χ2v) is 4.16. The minimum Gasteiger partial charge on any atom is -0.396 e. The van der Waals surface area contributed by atoms with Gasteiger partial charge in [0.1, 0.15) is 17.5 Å². The molecule has 2 aromatic rings. The van der Waals surface area contributed by atoms with Gasteiger partial charge in [0, 0.05) is 11.3 Å². The van der Waals surface area contributed by atoms with Gasteiger partial charge in [0.2, 0.25) is 5.91 Å². The Morgan fingerprint density at radius 1 is 1.05 bits per heavy atom. The molecule has 0 unspecified atom stereocenters. The third-order valence-electron chi connectivity index (χ3n) is 2.68. The maximum atomic E-state index is 13.4. The number of carbonyl (C=O) groups excluding carboxylic acids is 1. The van der Waals surface area contributed by atoms with Crippen molar-refractivity contribution in [3.63, 3.8) is 0 Å². The van der Waals surface area contributed by atoms with E-state index in [4.69, 9.17) is 5.73 Å². The highest BCUT2D eigenvalue weighted by Crippen LogP contribution is 2.17. The van der Waals surface area contributed by atoms with Gasteiger partial charge in [-0.25, -0.2) is 13.2 Å². The summed E-state index contributed by atoms with van der Waals surface area (Å²) in [5.74, 6) is -2.82. The lowest BCUT2D eigenvalue weighted by molar-refractivity contribution is -0.115. The summed E-state index contributed by atoms with van der Waals surface area (Å²) in [6.45, 7) is 0. The smallest absolute Gasteiger partial charge is 0.229 e. The first-order valence-corrected chi connectivity index (χ1v) is 5.75. The molecule has 1 amide bonds. The average molecular weight is 280 g/mol. The number of benzene rings is 2. The summed E-state index contributed by atoms with van der Waals surface area (Å²) in [4.78, 5) is 11.7. The molecule has 0 saturated heterocycles. The third-order valence-corrected chi connectivity index (χ3v) is 2.68. The van der Waals surface area contributed by atoms with E-state index in [0.717, 1.165) is 18.2 Å². The van der Waals surface area contributed by atoms with E-state index < -0.39 is 29.8 Å². The molecule has 0 bridgehead atoms. The van der Waals surface area contributed by atoms with Crippen molar-refractivity contribution in [3.05, 3.63) is 59.4 Å². The molecule has 0 heterocycles. The molecule has 3 N–H and O–H groups in total. The predicted octanol–water partition coefficient (Wildman–Crippen LogP) is 2.87. The van der Waals surface area contributed by atoms with E-state index in [0.29, 0.717) is 0 Å². The summed E-state index contributed by atoms with van der Waals surface area (Å²) in [7, 11) is 0. The lowest BCUT2D eigenvalue weighted by Crippen LogP contribution is -2.16. The monoisotopic (exact) mass is 280 g/mol. The predicted molar refractivity (Wildman–Crippen MR) is 69.5 cm³/mol. The summed E-state index contributed by atoms with van der Waals surface area (Å²) in [6.07, 6.45) is -0.463. The molecule has 0 spiro atoms. The Hall–Kier alpha value is -2.50. The first-order chi connectivity index (χ1) is 9.47. The van der Waals surface area contributed by atoms with Gasteiger partial charge in [-0.05, 0) is 30.3 Å². The lowest BCUT2D eigenvalue weighted by atomic mass is 10.1. The van der Waals surface area contributed by atoms with Gasteiger partial charge in [-0.3, -0.25) is 4.79 Å². The van der Waals surface area contributed by atoms with Crippen LogP contribution in [-0.4, -0.2) is 5.91 Å². The molecule has 0 aromatic heterocycles. The van der Waals surface area contributed by atoms with Crippen molar-refractivity contribution in [1.82, 2.24) is 0 Å². The molecule has 0 saturated carbocycles. The van der Waals surface area contributed by atoms with Crippen molar-refractivity contribution < 1.29 is 18.0 Å². The van der Waals surface area contributed by atoms with Gasteiger partial charge < -0.3 is 11.1 Å². The van der Waals surface area contributed by atoms with Gasteiger partial charge in [0.15, 0.2) is 0 Å². The minimum atomic E-state index is -0.793. The van der Waals surface area contributed by atoms with Crippen LogP contribution in [0, 0.1) is 17.5 Å². The molecule has 0 aliphatic heterocycles. The summed E-state index contributed by atoms with van der Waals surface area (Å²) >= 11 is 0. The Morgan fingerprint density at radius 3 is 2.30 bits per heavy atom. The van der Waals surface area contributed by atoms with Crippen LogP contribution in [0.1, 0.15) is 5.56 Å². The molecule has 6 heteroatoms. The van der Waals surface area contributed by atoms with Crippen LogP contribution in [0.5, 0.6) is 0 Å². The van der Waals surface area contributed by atoms with Crippen molar-refractivity contribution in [2.24, 2.45) is 0 Å². The molecule has 2 aromatic carbocycles. The van der Waals surface area contributed by atoms with Gasteiger partial charge in [-0.15, -0.1) is 0 Å². The van der Waals surface area contributed by atoms with E-state index in [1.807, 2.05) is 0 Å². The van der Waals surface area contributed by atoms with Crippen molar-refractivity contribution in [1.29, 1.82) is 0 Å². The van der Waals surface area contributed by atoms with Crippen molar-refractivity contribution in [2.45, 2.75) is 6.42 Å². The topological polar surface area (TPSA) is 55.1 Å². The fourth-order valence-electron chi connectivity index (χ4n) is 1.69. The number of amides is 1. The van der Waals surface area contributed by atoms with Crippen LogP contribution in [0.4, 0.5) is 24.5 Å². The third kappa shape index (κ3) is 3.09. The Morgan fingerprint density at radius 2 is 1.70 bits per heavy atom. The van der Waals surface area contributed by atoms with E-state index in [-0.39, 0.29) is 16.9 Å². The van der Waals surface area contributed by atoms with Crippen LogP contribution in [0.15, 0.2) is 36.4 Å². The number of nitrogens with one attached hydrogen (secondary N) is 1. The van der Waals surface area contributed by atoms with Gasteiger partial charge in [-0.1, -0.05) is 6.07 Å². The highest BCUT2D eigenvalue weighted by atomic mass is 19.1. The minimum absolute atomic E-state index is 0.125. The molecular weight excluding hydrogens is 269 g/mol. The molecule has 0 aliphatic carbocycles. The fourth-order valence-corrected chi connectivity index (χ4v) is 1.69. The Balaban J connectivity index is 2.11. The summed E-state index contributed by atoms with van der Waals surface area (Å²) < 4.78 is 39.7. The van der Waals surface area contributed by atoms with Gasteiger partial charge in [0.05, 0.1) is 12.1 Å². The Labute approximate surface area is 113 Å². The number of halogens is 3. The molecule has 0 fully saturated rings.